The molecule has 1 aromatic carbocycles. The van der Waals surface area contributed by atoms with Gasteiger partial charge in [-0.1, -0.05) is 11.6 Å². The van der Waals surface area contributed by atoms with E-state index >= 15 is 0 Å². The second-order valence-corrected chi connectivity index (χ2v) is 9.97. The summed E-state index contributed by atoms with van der Waals surface area (Å²) in [6.07, 6.45) is -3.72. The molecule has 8 nitrogen and oxygen atoms in total. The van der Waals surface area contributed by atoms with Crippen molar-refractivity contribution in [3.05, 3.63) is 46.9 Å². The number of halogens is 4. The number of aromatic nitrogens is 3. The van der Waals surface area contributed by atoms with Crippen LogP contribution in [0.25, 0.3) is 22.2 Å². The number of nitrogens with two attached hydrogens (primary N) is 1. The van der Waals surface area contributed by atoms with Crippen LogP contribution in [0.1, 0.15) is 32.0 Å². The van der Waals surface area contributed by atoms with Gasteiger partial charge < -0.3 is 15.7 Å². The molecule has 0 saturated carbocycles. The highest BCUT2D eigenvalue weighted by molar-refractivity contribution is 6.34. The molecule has 192 valence electrons. The zero-order valence-electron chi connectivity index (χ0n) is 20.0. The van der Waals surface area contributed by atoms with Crippen molar-refractivity contribution in [2.45, 2.75) is 44.9 Å². The molecule has 1 amide bonds. The number of carboxylic acid groups (broad SMARTS) is 1. The van der Waals surface area contributed by atoms with E-state index in [0.29, 0.717) is 42.7 Å². The van der Waals surface area contributed by atoms with Crippen molar-refractivity contribution in [3.8, 4) is 11.3 Å². The van der Waals surface area contributed by atoms with Gasteiger partial charge in [0.25, 0.3) is 0 Å². The monoisotopic (exact) mass is 522 g/mol. The largest absolute Gasteiger partial charge is 0.465 e. The van der Waals surface area contributed by atoms with E-state index in [1.807, 2.05) is 6.92 Å². The number of pyridine rings is 1. The van der Waals surface area contributed by atoms with Crippen LogP contribution in [0.2, 0.25) is 5.02 Å². The molecule has 1 aliphatic heterocycles. The average molecular weight is 523 g/mol. The van der Waals surface area contributed by atoms with Gasteiger partial charge in [0, 0.05) is 48.6 Å². The summed E-state index contributed by atoms with van der Waals surface area (Å²) < 4.78 is 40.9. The maximum absolute atomic E-state index is 13.6. The average Bonchev–Trinajstić information content (AvgIpc) is 2.77. The van der Waals surface area contributed by atoms with Crippen LogP contribution in [0, 0.1) is 0 Å². The lowest BCUT2D eigenvalue weighted by atomic mass is 9.91. The standard InChI is InChI=1S/C24H26ClF3N6O2/c1-13-11-33(22(35)36)6-7-34(13)23(2,3)10-19-15-8-17(25)14(9-18(15)30-12-31-19)21-16(24(26,27)28)4-5-20(29)32-21/h4-5,8-9,12-13H,6-7,10-11H2,1-3H3,(H2,29,32)(H,35,36)/t13-/m0/s1. The van der Waals surface area contributed by atoms with Crippen molar-refractivity contribution in [3.63, 3.8) is 0 Å². The van der Waals surface area contributed by atoms with Crippen LogP contribution in [0.5, 0.6) is 0 Å². The Balaban J connectivity index is 1.71. The number of amides is 1. The molecule has 0 radical (unpaired) electrons. The molecule has 0 spiro atoms. The molecule has 1 fully saturated rings. The van der Waals surface area contributed by atoms with Crippen LogP contribution in [-0.2, 0) is 12.6 Å². The molecule has 3 aromatic rings. The minimum absolute atomic E-state index is 0.0106. The first-order valence-corrected chi connectivity index (χ1v) is 11.7. The van der Waals surface area contributed by atoms with Gasteiger partial charge in [0.1, 0.15) is 12.1 Å². The molecule has 36 heavy (non-hydrogen) atoms. The zero-order valence-corrected chi connectivity index (χ0v) is 20.7. The van der Waals surface area contributed by atoms with Gasteiger partial charge in [-0.3, -0.25) is 4.90 Å². The van der Waals surface area contributed by atoms with E-state index in [1.54, 1.807) is 6.07 Å². The third-order valence-corrected chi connectivity index (χ3v) is 6.87. The third kappa shape index (κ3) is 5.03. The topological polar surface area (TPSA) is 108 Å². The van der Waals surface area contributed by atoms with Gasteiger partial charge in [-0.15, -0.1) is 0 Å². The second-order valence-electron chi connectivity index (χ2n) is 9.56. The fourth-order valence-corrected chi connectivity index (χ4v) is 5.16. The summed E-state index contributed by atoms with van der Waals surface area (Å²) in [6, 6.07) is 5.01. The van der Waals surface area contributed by atoms with Gasteiger partial charge in [0.05, 0.1) is 27.5 Å². The molecule has 3 N–H and O–H groups in total. The van der Waals surface area contributed by atoms with Crippen LogP contribution in [0.4, 0.5) is 23.8 Å². The number of nitrogens with zero attached hydrogens (tertiary/aromatic N) is 5. The summed E-state index contributed by atoms with van der Waals surface area (Å²) in [7, 11) is 0. The SMILES string of the molecule is C[C@H]1CN(C(=O)O)CCN1C(C)(C)Cc1ncnc2cc(-c3nc(N)ccc3C(F)(F)F)c(Cl)cc12. The van der Waals surface area contributed by atoms with Crippen molar-refractivity contribution in [2.75, 3.05) is 25.4 Å². The molecular formula is C24H26ClF3N6O2. The predicted molar refractivity (Wildman–Crippen MR) is 131 cm³/mol. The highest BCUT2D eigenvalue weighted by Gasteiger charge is 2.37. The Labute approximate surface area is 210 Å². The molecule has 0 aliphatic carbocycles. The lowest BCUT2D eigenvalue weighted by Gasteiger charge is -2.47. The third-order valence-electron chi connectivity index (χ3n) is 6.56. The smallest absolute Gasteiger partial charge is 0.418 e. The van der Waals surface area contributed by atoms with Gasteiger partial charge in [-0.05, 0) is 45.0 Å². The highest BCUT2D eigenvalue weighted by Crippen LogP contribution is 2.40. The van der Waals surface area contributed by atoms with E-state index in [4.69, 9.17) is 17.3 Å². The van der Waals surface area contributed by atoms with Crippen molar-refractivity contribution >= 4 is 34.4 Å². The Hall–Kier alpha value is -3.18. The fraction of sp³-hybridized carbons (Fsp3) is 0.417. The quantitative estimate of drug-likeness (QED) is 0.499. The van der Waals surface area contributed by atoms with E-state index in [1.165, 1.54) is 17.3 Å². The first-order valence-electron chi connectivity index (χ1n) is 11.3. The number of piperazine rings is 1. The molecule has 12 heteroatoms. The minimum atomic E-state index is -4.64. The molecule has 2 aromatic heterocycles. The Bertz CT molecular complexity index is 1320. The van der Waals surface area contributed by atoms with Crippen molar-refractivity contribution < 1.29 is 23.1 Å². The van der Waals surface area contributed by atoms with Gasteiger partial charge in [0.15, 0.2) is 0 Å². The predicted octanol–water partition coefficient (Wildman–Crippen LogP) is 4.95. The Morgan fingerprint density at radius 1 is 1.22 bits per heavy atom. The normalized spacial score (nSPS) is 17.5. The number of anilines is 1. The van der Waals surface area contributed by atoms with E-state index in [9.17, 15) is 23.1 Å². The van der Waals surface area contributed by atoms with Crippen LogP contribution in [-0.4, -0.2) is 67.2 Å². The van der Waals surface area contributed by atoms with E-state index in [0.717, 1.165) is 12.1 Å². The lowest BCUT2D eigenvalue weighted by Crippen LogP contribution is -2.60. The number of carbonyl (C=O) groups is 1. The molecule has 0 unspecified atom stereocenters. The molecule has 4 rings (SSSR count). The summed E-state index contributed by atoms with van der Waals surface area (Å²) in [6.45, 7) is 7.45. The number of benzene rings is 1. The van der Waals surface area contributed by atoms with E-state index < -0.39 is 23.4 Å². The Morgan fingerprint density at radius 2 is 1.94 bits per heavy atom. The van der Waals surface area contributed by atoms with Crippen molar-refractivity contribution in [1.29, 1.82) is 0 Å². The molecule has 1 saturated heterocycles. The number of hydrogen-bond donors (Lipinski definition) is 2. The van der Waals surface area contributed by atoms with Gasteiger partial charge in [0.2, 0.25) is 0 Å². The van der Waals surface area contributed by atoms with Gasteiger partial charge in [-0.25, -0.2) is 19.7 Å². The minimum Gasteiger partial charge on any atom is -0.465 e. The van der Waals surface area contributed by atoms with E-state index in [2.05, 4.69) is 33.7 Å². The first-order chi connectivity index (χ1) is 16.8. The fourth-order valence-electron chi connectivity index (χ4n) is 4.90. The molecule has 3 heterocycles. The molecular weight excluding hydrogens is 497 g/mol. The Morgan fingerprint density at radius 3 is 2.58 bits per heavy atom. The summed E-state index contributed by atoms with van der Waals surface area (Å²) in [4.78, 5) is 27.6. The number of alkyl halides is 3. The van der Waals surface area contributed by atoms with Crippen LogP contribution >= 0.6 is 11.6 Å². The number of fused-ring (bicyclic) bond motifs is 1. The highest BCUT2D eigenvalue weighted by atomic mass is 35.5. The maximum atomic E-state index is 13.6. The lowest BCUT2D eigenvalue weighted by molar-refractivity contribution is -0.137. The second kappa shape index (κ2) is 9.36. The summed E-state index contributed by atoms with van der Waals surface area (Å²) >= 11 is 6.50. The van der Waals surface area contributed by atoms with Crippen LogP contribution in [0.3, 0.4) is 0 Å². The number of hydrogen-bond acceptors (Lipinski definition) is 6. The summed E-state index contributed by atoms with van der Waals surface area (Å²) in [5, 5.41) is 10.0. The maximum Gasteiger partial charge on any atom is 0.418 e. The number of rotatable bonds is 4. The summed E-state index contributed by atoms with van der Waals surface area (Å²) in [5.74, 6) is -0.0589. The van der Waals surface area contributed by atoms with Crippen LogP contribution < -0.4 is 5.73 Å². The zero-order chi connectivity index (χ0) is 26.4. The summed E-state index contributed by atoms with van der Waals surface area (Å²) in [5.41, 5.74) is 5.17. The van der Waals surface area contributed by atoms with Gasteiger partial charge in [-0.2, -0.15) is 13.2 Å². The van der Waals surface area contributed by atoms with Crippen molar-refractivity contribution in [1.82, 2.24) is 24.8 Å². The molecule has 1 aliphatic rings. The van der Waals surface area contributed by atoms with Gasteiger partial charge >= 0.3 is 12.3 Å². The number of nitrogen functional groups attached to an aromatic ring is 1. The molecule has 0 bridgehead atoms. The molecule has 1 atom stereocenters. The van der Waals surface area contributed by atoms with Crippen LogP contribution in [0.15, 0.2) is 30.6 Å². The Kier molecular flexibility index (Phi) is 6.74. The van der Waals surface area contributed by atoms with E-state index in [-0.39, 0.29) is 28.1 Å². The van der Waals surface area contributed by atoms with Crippen molar-refractivity contribution in [2.24, 2.45) is 0 Å². The first kappa shape index (κ1) is 25.9.